The molecule has 4 nitrogen and oxygen atoms in total. The maximum absolute atomic E-state index is 5.43. The molecule has 0 bridgehead atoms. The molecule has 0 saturated heterocycles. The first kappa shape index (κ1) is 14.6. The largest absolute Gasteiger partial charge is 0.343 e. The van der Waals surface area contributed by atoms with Crippen molar-refractivity contribution in [1.82, 2.24) is 14.8 Å². The van der Waals surface area contributed by atoms with Crippen LogP contribution in [0.3, 0.4) is 0 Å². The molecule has 1 aliphatic carbocycles. The lowest BCUT2D eigenvalue weighted by molar-refractivity contribution is 0.346. The molecule has 1 aromatic heterocycles. The maximum Gasteiger partial charge on any atom is 0.225 e. The Labute approximate surface area is 121 Å². The van der Waals surface area contributed by atoms with Crippen molar-refractivity contribution in [3.63, 3.8) is 0 Å². The summed E-state index contributed by atoms with van der Waals surface area (Å²) >= 11 is 5.43. The zero-order valence-electron chi connectivity index (χ0n) is 12.6. The summed E-state index contributed by atoms with van der Waals surface area (Å²) in [6.07, 6.45) is 6.42. The van der Waals surface area contributed by atoms with Crippen LogP contribution in [0, 0.1) is 10.2 Å². The van der Waals surface area contributed by atoms with E-state index in [0.29, 0.717) is 6.04 Å². The van der Waals surface area contributed by atoms with Gasteiger partial charge in [-0.2, -0.15) is 0 Å². The monoisotopic (exact) mass is 282 g/mol. The summed E-state index contributed by atoms with van der Waals surface area (Å²) in [4.78, 5) is 2.22. The van der Waals surface area contributed by atoms with E-state index in [1.54, 1.807) is 0 Å². The second-order valence-corrected chi connectivity index (χ2v) is 7.29. The Kier molecular flexibility index (Phi) is 4.33. The van der Waals surface area contributed by atoms with Crippen molar-refractivity contribution in [3.05, 3.63) is 4.77 Å². The van der Waals surface area contributed by atoms with Crippen LogP contribution in [0.4, 0.5) is 5.95 Å². The highest BCUT2D eigenvalue weighted by atomic mass is 32.1. The zero-order valence-corrected chi connectivity index (χ0v) is 13.4. The third-order valence-corrected chi connectivity index (χ3v) is 3.97. The summed E-state index contributed by atoms with van der Waals surface area (Å²) in [5.74, 6) is 0.992. The molecule has 1 N–H and O–H groups in total. The topological polar surface area (TPSA) is 36.9 Å². The van der Waals surface area contributed by atoms with E-state index in [4.69, 9.17) is 12.2 Å². The van der Waals surface area contributed by atoms with Crippen LogP contribution < -0.4 is 4.90 Å². The highest BCUT2D eigenvalue weighted by Crippen LogP contribution is 2.31. The summed E-state index contributed by atoms with van der Waals surface area (Å²) in [5, 5.41) is 7.42. The van der Waals surface area contributed by atoms with Gasteiger partial charge in [-0.1, -0.05) is 40.0 Å². The van der Waals surface area contributed by atoms with Gasteiger partial charge < -0.3 is 4.90 Å². The van der Waals surface area contributed by atoms with Crippen LogP contribution in [0.5, 0.6) is 0 Å². The second-order valence-electron chi connectivity index (χ2n) is 6.91. The quantitative estimate of drug-likeness (QED) is 0.854. The highest BCUT2D eigenvalue weighted by Gasteiger charge is 2.23. The first-order valence-electron chi connectivity index (χ1n) is 7.26. The van der Waals surface area contributed by atoms with Gasteiger partial charge in [-0.05, 0) is 30.5 Å². The van der Waals surface area contributed by atoms with Gasteiger partial charge in [0.2, 0.25) is 5.95 Å². The molecule has 1 fully saturated rings. The molecule has 0 atom stereocenters. The van der Waals surface area contributed by atoms with Crippen molar-refractivity contribution in [1.29, 1.82) is 0 Å². The van der Waals surface area contributed by atoms with E-state index >= 15 is 0 Å². The van der Waals surface area contributed by atoms with Gasteiger partial charge in [0.1, 0.15) is 0 Å². The Morgan fingerprint density at radius 3 is 2.53 bits per heavy atom. The highest BCUT2D eigenvalue weighted by molar-refractivity contribution is 7.71. The molecule has 19 heavy (non-hydrogen) atoms. The maximum atomic E-state index is 5.43. The van der Waals surface area contributed by atoms with Gasteiger partial charge in [-0.25, -0.2) is 5.10 Å². The fourth-order valence-corrected chi connectivity index (χ4v) is 3.29. The lowest BCUT2D eigenvalue weighted by Gasteiger charge is -2.30. The fourth-order valence-electron chi connectivity index (χ4n) is 3.02. The number of rotatable bonds is 3. The number of nitrogens with one attached hydrogen (secondary N) is 1. The van der Waals surface area contributed by atoms with E-state index in [1.807, 2.05) is 0 Å². The summed E-state index contributed by atoms with van der Waals surface area (Å²) in [7, 11) is 2.11. The van der Waals surface area contributed by atoms with Gasteiger partial charge >= 0.3 is 0 Å². The lowest BCUT2D eigenvalue weighted by Crippen LogP contribution is -2.32. The predicted octanol–water partition coefficient (Wildman–Crippen LogP) is 3.93. The molecule has 0 amide bonds. The van der Waals surface area contributed by atoms with Crippen molar-refractivity contribution in [2.45, 2.75) is 58.9 Å². The number of hydrogen-bond acceptors (Lipinski definition) is 3. The Balaban J connectivity index is 2.24. The molecule has 0 spiro atoms. The SMILES string of the molecule is CN(CC(C)(C)C)c1n[nH]c(=S)n1C1CCCCC1. The molecule has 2 rings (SSSR count). The fraction of sp³-hybridized carbons (Fsp3) is 0.857. The van der Waals surface area contributed by atoms with Crippen LogP contribution in [-0.2, 0) is 0 Å². The van der Waals surface area contributed by atoms with Crippen LogP contribution in [-0.4, -0.2) is 28.4 Å². The average molecular weight is 282 g/mol. The zero-order chi connectivity index (χ0) is 14.0. The third kappa shape index (κ3) is 3.59. The van der Waals surface area contributed by atoms with Crippen LogP contribution in [0.15, 0.2) is 0 Å². The van der Waals surface area contributed by atoms with E-state index in [-0.39, 0.29) is 5.41 Å². The Hall–Kier alpha value is -0.840. The van der Waals surface area contributed by atoms with E-state index in [1.165, 1.54) is 32.1 Å². The molecular formula is C14H26N4S. The Morgan fingerprint density at radius 2 is 1.95 bits per heavy atom. The average Bonchev–Trinajstić information content (AvgIpc) is 2.70. The van der Waals surface area contributed by atoms with Crippen molar-refractivity contribution >= 4 is 18.2 Å². The number of nitrogens with zero attached hydrogens (tertiary/aromatic N) is 3. The smallest absolute Gasteiger partial charge is 0.225 e. The van der Waals surface area contributed by atoms with Crippen molar-refractivity contribution < 1.29 is 0 Å². The van der Waals surface area contributed by atoms with Crippen molar-refractivity contribution in [2.75, 3.05) is 18.5 Å². The minimum atomic E-state index is 0.250. The molecule has 0 aliphatic heterocycles. The Morgan fingerprint density at radius 1 is 1.32 bits per heavy atom. The molecule has 1 aromatic rings. The molecule has 108 valence electrons. The number of H-pyrrole nitrogens is 1. The third-order valence-electron chi connectivity index (χ3n) is 3.68. The summed E-state index contributed by atoms with van der Waals surface area (Å²) < 4.78 is 3.00. The van der Waals surface area contributed by atoms with Gasteiger partial charge in [-0.15, -0.1) is 5.10 Å². The number of aromatic amines is 1. The summed E-state index contributed by atoms with van der Waals surface area (Å²) in [6.45, 7) is 7.71. The molecule has 0 unspecified atom stereocenters. The second kappa shape index (κ2) is 5.65. The van der Waals surface area contributed by atoms with E-state index in [9.17, 15) is 0 Å². The van der Waals surface area contributed by atoms with Gasteiger partial charge in [0.15, 0.2) is 4.77 Å². The molecule has 5 heteroatoms. The molecular weight excluding hydrogens is 256 g/mol. The van der Waals surface area contributed by atoms with Crippen molar-refractivity contribution in [2.24, 2.45) is 5.41 Å². The van der Waals surface area contributed by atoms with Crippen LogP contribution in [0.25, 0.3) is 0 Å². The first-order chi connectivity index (χ1) is 8.88. The van der Waals surface area contributed by atoms with Gasteiger partial charge in [0.25, 0.3) is 0 Å². The number of aromatic nitrogens is 3. The first-order valence-corrected chi connectivity index (χ1v) is 7.67. The number of anilines is 1. The Bertz CT molecular complexity index is 463. The summed E-state index contributed by atoms with van der Waals surface area (Å²) in [6, 6.07) is 0.525. The van der Waals surface area contributed by atoms with Crippen LogP contribution in [0.1, 0.15) is 58.9 Å². The van der Waals surface area contributed by atoms with E-state index in [0.717, 1.165) is 17.3 Å². The molecule has 1 saturated carbocycles. The predicted molar refractivity (Wildman–Crippen MR) is 82.3 cm³/mol. The molecule has 1 heterocycles. The van der Waals surface area contributed by atoms with Crippen LogP contribution in [0.2, 0.25) is 0 Å². The molecule has 1 aliphatic rings. The lowest BCUT2D eigenvalue weighted by atomic mass is 9.95. The van der Waals surface area contributed by atoms with E-state index < -0.39 is 0 Å². The standard InChI is InChI=1S/C14H26N4S/c1-14(2,3)10-17(4)12-15-16-13(19)18(12)11-8-6-5-7-9-11/h11H,5-10H2,1-4H3,(H,16,19). The van der Waals surface area contributed by atoms with E-state index in [2.05, 4.69) is 47.5 Å². The van der Waals surface area contributed by atoms with Crippen LogP contribution >= 0.6 is 12.2 Å². The normalized spacial score (nSPS) is 17.7. The summed E-state index contributed by atoms with van der Waals surface area (Å²) in [5.41, 5.74) is 0.250. The van der Waals surface area contributed by atoms with Gasteiger partial charge in [-0.3, -0.25) is 4.57 Å². The molecule has 0 radical (unpaired) electrons. The minimum absolute atomic E-state index is 0.250. The van der Waals surface area contributed by atoms with Gasteiger partial charge in [0, 0.05) is 19.6 Å². The van der Waals surface area contributed by atoms with Gasteiger partial charge in [0.05, 0.1) is 0 Å². The minimum Gasteiger partial charge on any atom is -0.343 e. The molecule has 0 aromatic carbocycles. The number of hydrogen-bond donors (Lipinski definition) is 1. The van der Waals surface area contributed by atoms with Crippen molar-refractivity contribution in [3.8, 4) is 0 Å².